The number of rotatable bonds is 3. The van der Waals surface area contributed by atoms with Crippen LogP contribution in [0.4, 0.5) is 0 Å². The Balaban J connectivity index is 2.05. The van der Waals surface area contributed by atoms with Gasteiger partial charge in [0, 0.05) is 0 Å². The van der Waals surface area contributed by atoms with Crippen molar-refractivity contribution in [2.75, 3.05) is 0 Å². The fourth-order valence-corrected chi connectivity index (χ4v) is 3.11. The molecule has 96 valence electrons. The van der Waals surface area contributed by atoms with E-state index in [1.807, 2.05) is 54.6 Å². The zero-order chi connectivity index (χ0) is 13.3. The van der Waals surface area contributed by atoms with Crippen LogP contribution >= 0.6 is 0 Å². The molecule has 1 N–H and O–H groups in total. The minimum atomic E-state index is -0.752. The Labute approximate surface area is 112 Å². The van der Waals surface area contributed by atoms with Gasteiger partial charge in [-0.05, 0) is 36.0 Å². The highest BCUT2D eigenvalue weighted by Crippen LogP contribution is 2.41. The lowest BCUT2D eigenvalue weighted by Gasteiger charge is -2.25. The summed E-state index contributed by atoms with van der Waals surface area (Å²) in [5.74, 6) is -0.707. The maximum absolute atomic E-state index is 11.9. The van der Waals surface area contributed by atoms with E-state index in [0.717, 1.165) is 17.5 Å². The predicted octanol–water partition coefficient (Wildman–Crippen LogP) is 3.20. The van der Waals surface area contributed by atoms with Gasteiger partial charge in [0.15, 0.2) is 0 Å². The SMILES string of the molecule is O=C(O)[C@]1(Cc2ccccc2)CCc2ccccc21. The molecule has 1 atom stereocenters. The Bertz CT molecular complexity index is 604. The smallest absolute Gasteiger partial charge is 0.314 e. The van der Waals surface area contributed by atoms with Gasteiger partial charge in [0.1, 0.15) is 0 Å². The molecule has 0 saturated carbocycles. The molecule has 0 aliphatic heterocycles. The van der Waals surface area contributed by atoms with Crippen LogP contribution in [0.1, 0.15) is 23.1 Å². The maximum atomic E-state index is 11.9. The predicted molar refractivity (Wildman–Crippen MR) is 74.2 cm³/mol. The van der Waals surface area contributed by atoms with E-state index in [9.17, 15) is 9.90 Å². The van der Waals surface area contributed by atoms with E-state index in [1.165, 1.54) is 5.56 Å². The maximum Gasteiger partial charge on any atom is 0.314 e. The van der Waals surface area contributed by atoms with Gasteiger partial charge in [0.25, 0.3) is 0 Å². The summed E-state index contributed by atoms with van der Waals surface area (Å²) in [4.78, 5) is 11.9. The Kier molecular flexibility index (Phi) is 2.86. The zero-order valence-electron chi connectivity index (χ0n) is 10.7. The fourth-order valence-electron chi connectivity index (χ4n) is 3.11. The van der Waals surface area contributed by atoms with Crippen LogP contribution in [0.2, 0.25) is 0 Å². The highest BCUT2D eigenvalue weighted by atomic mass is 16.4. The van der Waals surface area contributed by atoms with E-state index in [1.54, 1.807) is 0 Å². The molecule has 1 aliphatic rings. The third-order valence-corrected chi connectivity index (χ3v) is 4.11. The van der Waals surface area contributed by atoms with Crippen LogP contribution in [-0.4, -0.2) is 11.1 Å². The van der Waals surface area contributed by atoms with Crippen molar-refractivity contribution in [3.05, 3.63) is 71.3 Å². The van der Waals surface area contributed by atoms with Crippen molar-refractivity contribution in [3.8, 4) is 0 Å². The molecule has 2 nitrogen and oxygen atoms in total. The second-order valence-electron chi connectivity index (χ2n) is 5.21. The summed E-state index contributed by atoms with van der Waals surface area (Å²) in [6.07, 6.45) is 2.12. The molecule has 0 spiro atoms. The van der Waals surface area contributed by atoms with Gasteiger partial charge in [-0.2, -0.15) is 0 Å². The van der Waals surface area contributed by atoms with Crippen molar-refractivity contribution < 1.29 is 9.90 Å². The van der Waals surface area contributed by atoms with Crippen LogP contribution in [0.3, 0.4) is 0 Å². The Morgan fingerprint density at radius 3 is 2.47 bits per heavy atom. The number of fused-ring (bicyclic) bond motifs is 1. The highest BCUT2D eigenvalue weighted by molar-refractivity contribution is 5.83. The summed E-state index contributed by atoms with van der Waals surface area (Å²) in [5.41, 5.74) is 2.51. The number of aliphatic carboxylic acids is 1. The summed E-state index contributed by atoms with van der Waals surface area (Å²) in [6.45, 7) is 0. The second-order valence-corrected chi connectivity index (χ2v) is 5.21. The van der Waals surface area contributed by atoms with Crippen molar-refractivity contribution in [2.24, 2.45) is 0 Å². The van der Waals surface area contributed by atoms with Gasteiger partial charge in [-0.15, -0.1) is 0 Å². The van der Waals surface area contributed by atoms with E-state index in [4.69, 9.17) is 0 Å². The van der Waals surface area contributed by atoms with E-state index in [0.29, 0.717) is 12.8 Å². The first-order valence-electron chi connectivity index (χ1n) is 6.58. The molecule has 0 radical (unpaired) electrons. The lowest BCUT2D eigenvalue weighted by Crippen LogP contribution is -2.35. The molecule has 0 fully saturated rings. The summed E-state index contributed by atoms with van der Waals surface area (Å²) in [6, 6.07) is 17.8. The van der Waals surface area contributed by atoms with Crippen molar-refractivity contribution >= 4 is 5.97 Å². The molecular formula is C17H16O2. The van der Waals surface area contributed by atoms with Crippen molar-refractivity contribution in [1.29, 1.82) is 0 Å². The largest absolute Gasteiger partial charge is 0.481 e. The molecule has 0 saturated heterocycles. The highest BCUT2D eigenvalue weighted by Gasteiger charge is 2.45. The van der Waals surface area contributed by atoms with Crippen molar-refractivity contribution in [3.63, 3.8) is 0 Å². The molecule has 0 aromatic heterocycles. The van der Waals surface area contributed by atoms with Crippen LogP contribution in [0.25, 0.3) is 0 Å². The van der Waals surface area contributed by atoms with Crippen LogP contribution in [0.15, 0.2) is 54.6 Å². The molecule has 19 heavy (non-hydrogen) atoms. The van der Waals surface area contributed by atoms with E-state index >= 15 is 0 Å². The van der Waals surface area contributed by atoms with Crippen LogP contribution in [0, 0.1) is 0 Å². The Morgan fingerprint density at radius 1 is 1.05 bits per heavy atom. The number of benzene rings is 2. The first-order valence-corrected chi connectivity index (χ1v) is 6.58. The fraction of sp³-hybridized carbons (Fsp3) is 0.235. The lowest BCUT2D eigenvalue weighted by atomic mass is 9.76. The molecule has 0 unspecified atom stereocenters. The van der Waals surface area contributed by atoms with E-state index in [-0.39, 0.29) is 0 Å². The number of carboxylic acid groups (broad SMARTS) is 1. The van der Waals surface area contributed by atoms with Crippen LogP contribution in [-0.2, 0) is 23.1 Å². The molecule has 2 aromatic rings. The third-order valence-electron chi connectivity index (χ3n) is 4.11. The Hall–Kier alpha value is -2.09. The van der Waals surface area contributed by atoms with Crippen LogP contribution < -0.4 is 0 Å². The minimum Gasteiger partial charge on any atom is -0.481 e. The van der Waals surface area contributed by atoms with Crippen molar-refractivity contribution in [2.45, 2.75) is 24.7 Å². The zero-order valence-corrected chi connectivity index (χ0v) is 10.7. The molecule has 2 aromatic carbocycles. The average Bonchev–Trinajstić information content (AvgIpc) is 2.81. The minimum absolute atomic E-state index is 0.570. The van der Waals surface area contributed by atoms with Gasteiger partial charge in [0.05, 0.1) is 5.41 Å². The lowest BCUT2D eigenvalue weighted by molar-refractivity contribution is -0.143. The number of carbonyl (C=O) groups is 1. The Morgan fingerprint density at radius 2 is 1.74 bits per heavy atom. The molecule has 0 amide bonds. The summed E-state index contributed by atoms with van der Waals surface area (Å²) < 4.78 is 0. The van der Waals surface area contributed by atoms with Gasteiger partial charge in [-0.3, -0.25) is 4.79 Å². The number of carboxylic acids is 1. The monoisotopic (exact) mass is 252 g/mol. The molecule has 2 heteroatoms. The van der Waals surface area contributed by atoms with Gasteiger partial charge in [-0.25, -0.2) is 0 Å². The second kappa shape index (κ2) is 4.54. The van der Waals surface area contributed by atoms with E-state index < -0.39 is 11.4 Å². The molecule has 0 bridgehead atoms. The first kappa shape index (κ1) is 12.0. The number of aryl methyl sites for hydroxylation is 1. The summed E-state index contributed by atoms with van der Waals surface area (Å²) in [5, 5.41) is 9.77. The standard InChI is InChI=1S/C17H16O2/c18-16(19)17(12-13-6-2-1-3-7-13)11-10-14-8-4-5-9-15(14)17/h1-9H,10-12H2,(H,18,19)/t17-/m0/s1. The van der Waals surface area contributed by atoms with Gasteiger partial charge < -0.3 is 5.11 Å². The number of hydrogen-bond donors (Lipinski definition) is 1. The first-order chi connectivity index (χ1) is 9.22. The third kappa shape index (κ3) is 1.93. The quantitative estimate of drug-likeness (QED) is 0.910. The summed E-state index contributed by atoms with van der Waals surface area (Å²) >= 11 is 0. The topological polar surface area (TPSA) is 37.3 Å². The van der Waals surface area contributed by atoms with Crippen molar-refractivity contribution in [1.82, 2.24) is 0 Å². The average molecular weight is 252 g/mol. The van der Waals surface area contributed by atoms with Gasteiger partial charge in [-0.1, -0.05) is 54.6 Å². The molecule has 3 rings (SSSR count). The van der Waals surface area contributed by atoms with Gasteiger partial charge in [0.2, 0.25) is 0 Å². The number of hydrogen-bond acceptors (Lipinski definition) is 1. The van der Waals surface area contributed by atoms with E-state index in [2.05, 4.69) is 0 Å². The molecule has 1 aliphatic carbocycles. The van der Waals surface area contributed by atoms with Gasteiger partial charge >= 0.3 is 5.97 Å². The van der Waals surface area contributed by atoms with Crippen LogP contribution in [0.5, 0.6) is 0 Å². The molecule has 0 heterocycles. The summed E-state index contributed by atoms with van der Waals surface area (Å²) in [7, 11) is 0. The normalized spacial score (nSPS) is 21.1. The molecular weight excluding hydrogens is 236 g/mol.